The van der Waals surface area contributed by atoms with Gasteiger partial charge in [0.2, 0.25) is 0 Å². The number of allylic oxidation sites excluding steroid dienone is 20. The second-order valence-electron chi connectivity index (χ2n) is 17.4. The average Bonchev–Trinajstić information content (AvgIpc) is 3.33. The lowest BCUT2D eigenvalue weighted by Crippen LogP contribution is -2.30. The first kappa shape index (κ1) is 62.8. The first-order chi connectivity index (χ1) is 33.0. The normalized spacial score (nSPS) is 13.1. The van der Waals surface area contributed by atoms with Crippen molar-refractivity contribution in [2.75, 3.05) is 13.2 Å². The van der Waals surface area contributed by atoms with Crippen LogP contribution in [0, 0.1) is 0 Å². The number of ether oxygens (including phenoxy) is 3. The Morgan fingerprint density at radius 2 is 0.582 bits per heavy atom. The Bertz CT molecular complexity index is 1440. The van der Waals surface area contributed by atoms with Gasteiger partial charge in [0.05, 0.1) is 0 Å². The average molecular weight is 927 g/mol. The third-order valence-corrected chi connectivity index (χ3v) is 10.9. The van der Waals surface area contributed by atoms with Crippen LogP contribution in [0.5, 0.6) is 0 Å². The third-order valence-electron chi connectivity index (χ3n) is 10.9. The van der Waals surface area contributed by atoms with Gasteiger partial charge in [0, 0.05) is 19.3 Å². The van der Waals surface area contributed by atoms with Crippen molar-refractivity contribution in [3.63, 3.8) is 0 Å². The molecule has 6 heteroatoms. The van der Waals surface area contributed by atoms with Crippen LogP contribution in [0.15, 0.2) is 122 Å². The van der Waals surface area contributed by atoms with Crippen LogP contribution in [0.25, 0.3) is 0 Å². The highest BCUT2D eigenvalue weighted by molar-refractivity contribution is 5.71. The monoisotopic (exact) mass is 927 g/mol. The van der Waals surface area contributed by atoms with Crippen molar-refractivity contribution in [1.29, 1.82) is 0 Å². The van der Waals surface area contributed by atoms with Gasteiger partial charge in [-0.1, -0.05) is 206 Å². The minimum absolute atomic E-state index is 0.102. The van der Waals surface area contributed by atoms with E-state index < -0.39 is 6.10 Å². The molecule has 67 heavy (non-hydrogen) atoms. The molecule has 0 aromatic rings. The summed E-state index contributed by atoms with van der Waals surface area (Å²) in [7, 11) is 0. The summed E-state index contributed by atoms with van der Waals surface area (Å²) in [5, 5.41) is 0. The summed E-state index contributed by atoms with van der Waals surface area (Å²) in [4.78, 5) is 38.1. The van der Waals surface area contributed by atoms with Gasteiger partial charge >= 0.3 is 17.9 Å². The summed E-state index contributed by atoms with van der Waals surface area (Å²) in [6, 6.07) is 0. The largest absolute Gasteiger partial charge is 0.462 e. The molecule has 0 aliphatic carbocycles. The second-order valence-corrected chi connectivity index (χ2v) is 17.4. The molecule has 6 nitrogen and oxygen atoms in total. The molecule has 0 fully saturated rings. The van der Waals surface area contributed by atoms with Gasteiger partial charge in [-0.05, 0) is 122 Å². The Morgan fingerprint density at radius 1 is 0.313 bits per heavy atom. The molecular weight excluding hydrogens is 829 g/mol. The Balaban J connectivity index is 4.46. The van der Waals surface area contributed by atoms with E-state index in [0.717, 1.165) is 180 Å². The van der Waals surface area contributed by atoms with Crippen molar-refractivity contribution in [1.82, 2.24) is 0 Å². The number of rotatable bonds is 47. The van der Waals surface area contributed by atoms with Crippen LogP contribution in [0.3, 0.4) is 0 Å². The molecule has 1 atom stereocenters. The van der Waals surface area contributed by atoms with Crippen LogP contribution in [0.2, 0.25) is 0 Å². The Labute approximate surface area is 412 Å². The maximum atomic E-state index is 12.8. The summed E-state index contributed by atoms with van der Waals surface area (Å²) in [5.74, 6) is -0.957. The molecule has 0 bridgehead atoms. The topological polar surface area (TPSA) is 78.9 Å². The number of carbonyl (C=O) groups is 3. The fraction of sp³-hybridized carbons (Fsp3) is 0.623. The van der Waals surface area contributed by atoms with Gasteiger partial charge in [-0.25, -0.2) is 0 Å². The predicted molar refractivity (Wildman–Crippen MR) is 288 cm³/mol. The van der Waals surface area contributed by atoms with Crippen LogP contribution < -0.4 is 0 Å². The molecule has 0 saturated heterocycles. The number of unbranched alkanes of at least 4 members (excludes halogenated alkanes) is 16. The summed E-state index contributed by atoms with van der Waals surface area (Å²) < 4.78 is 16.8. The maximum absolute atomic E-state index is 12.8. The maximum Gasteiger partial charge on any atom is 0.306 e. The van der Waals surface area contributed by atoms with Gasteiger partial charge in [0.25, 0.3) is 0 Å². The number of carbonyl (C=O) groups excluding carboxylic acids is 3. The van der Waals surface area contributed by atoms with Crippen molar-refractivity contribution in [2.45, 2.75) is 232 Å². The molecule has 0 aliphatic heterocycles. The summed E-state index contributed by atoms with van der Waals surface area (Å²) in [5.41, 5.74) is 0. The van der Waals surface area contributed by atoms with Gasteiger partial charge in [-0.15, -0.1) is 0 Å². The number of esters is 3. The molecule has 0 aliphatic rings. The van der Waals surface area contributed by atoms with Crippen LogP contribution in [-0.2, 0) is 28.6 Å². The SMILES string of the molecule is CC/C=C\C/C=C\C/C=C\C/C=C\C/C=C\CCCCCCCC(=O)OCC(COC(=O)CCCCCCC/C=C\C/C=C\CCC)OC(=O)CCCCCCC/C=C\C/C=C\C/C=C\CC. The zero-order valence-corrected chi connectivity index (χ0v) is 43.1. The first-order valence-corrected chi connectivity index (χ1v) is 27.0. The van der Waals surface area contributed by atoms with E-state index in [9.17, 15) is 14.4 Å². The highest BCUT2D eigenvalue weighted by atomic mass is 16.6. The van der Waals surface area contributed by atoms with Crippen molar-refractivity contribution in [2.24, 2.45) is 0 Å². The van der Waals surface area contributed by atoms with Crippen LogP contribution in [0.4, 0.5) is 0 Å². The van der Waals surface area contributed by atoms with Crippen molar-refractivity contribution >= 4 is 17.9 Å². The first-order valence-electron chi connectivity index (χ1n) is 27.0. The molecule has 0 aromatic heterocycles. The van der Waals surface area contributed by atoms with Crippen LogP contribution in [0.1, 0.15) is 226 Å². The predicted octanol–water partition coefficient (Wildman–Crippen LogP) is 18.1. The highest BCUT2D eigenvalue weighted by Gasteiger charge is 2.19. The number of hydrogen-bond donors (Lipinski definition) is 0. The lowest BCUT2D eigenvalue weighted by molar-refractivity contribution is -0.167. The fourth-order valence-electron chi connectivity index (χ4n) is 6.93. The van der Waals surface area contributed by atoms with E-state index >= 15 is 0 Å². The number of hydrogen-bond acceptors (Lipinski definition) is 6. The van der Waals surface area contributed by atoms with Crippen molar-refractivity contribution < 1.29 is 28.6 Å². The minimum Gasteiger partial charge on any atom is -0.462 e. The zero-order valence-electron chi connectivity index (χ0n) is 43.1. The summed E-state index contributed by atoms with van der Waals surface area (Å²) in [6.45, 7) is 6.29. The van der Waals surface area contributed by atoms with Gasteiger partial charge in [0.15, 0.2) is 6.10 Å². The van der Waals surface area contributed by atoms with Crippen LogP contribution in [-0.4, -0.2) is 37.2 Å². The Hall–Kier alpha value is -4.19. The molecule has 0 spiro atoms. The molecule has 0 rings (SSSR count). The highest BCUT2D eigenvalue weighted by Crippen LogP contribution is 2.13. The van der Waals surface area contributed by atoms with E-state index in [1.54, 1.807) is 0 Å². The molecule has 0 aromatic carbocycles. The third kappa shape index (κ3) is 52.6. The molecule has 0 radical (unpaired) electrons. The zero-order chi connectivity index (χ0) is 48.6. The van der Waals surface area contributed by atoms with Crippen molar-refractivity contribution in [3.8, 4) is 0 Å². The standard InChI is InChI=1S/C61H98O6/c1-4-7-10-13-16-19-22-25-27-28-29-30-31-32-34-36-39-42-45-48-51-54-60(63)66-57-58(56-65-59(62)53-50-47-44-41-38-35-24-21-18-15-12-9-6-3)67-61(64)55-52-49-46-43-40-37-33-26-23-20-17-14-11-8-5-2/h7-8,10-12,15-17,19-21,24-27,29-30,32-34,58H,4-6,9,13-14,18,22-23,28,31,35-57H2,1-3H3/b10-7-,11-8-,15-12-,19-16-,20-17-,24-21-,27-25-,30-29-,33-26-,34-32-. The van der Waals surface area contributed by atoms with E-state index in [-0.39, 0.29) is 31.1 Å². The molecule has 0 amide bonds. The molecular formula is C61H98O6. The van der Waals surface area contributed by atoms with E-state index in [4.69, 9.17) is 14.2 Å². The lowest BCUT2D eigenvalue weighted by atomic mass is 10.1. The van der Waals surface area contributed by atoms with E-state index in [2.05, 4.69) is 142 Å². The van der Waals surface area contributed by atoms with Gasteiger partial charge in [0.1, 0.15) is 13.2 Å². The van der Waals surface area contributed by atoms with Gasteiger partial charge in [-0.3, -0.25) is 14.4 Å². The van der Waals surface area contributed by atoms with E-state index in [0.29, 0.717) is 19.3 Å². The lowest BCUT2D eigenvalue weighted by Gasteiger charge is -2.18. The van der Waals surface area contributed by atoms with Gasteiger partial charge in [-0.2, -0.15) is 0 Å². The molecule has 0 saturated carbocycles. The Kier molecular flexibility index (Phi) is 51.0. The quantitative estimate of drug-likeness (QED) is 0.0262. The van der Waals surface area contributed by atoms with Gasteiger partial charge < -0.3 is 14.2 Å². The van der Waals surface area contributed by atoms with Crippen LogP contribution >= 0.6 is 0 Å². The smallest absolute Gasteiger partial charge is 0.306 e. The van der Waals surface area contributed by atoms with E-state index in [1.165, 1.54) is 6.42 Å². The molecule has 0 N–H and O–H groups in total. The fourth-order valence-corrected chi connectivity index (χ4v) is 6.93. The summed E-state index contributed by atoms with van der Waals surface area (Å²) in [6.07, 6.45) is 74.6. The van der Waals surface area contributed by atoms with E-state index in [1.807, 2.05) is 0 Å². The summed E-state index contributed by atoms with van der Waals surface area (Å²) >= 11 is 0. The molecule has 1 unspecified atom stereocenters. The minimum atomic E-state index is -0.805. The molecule has 0 heterocycles. The molecule has 378 valence electrons. The Morgan fingerprint density at radius 3 is 0.910 bits per heavy atom. The second kappa shape index (κ2) is 54.4. The van der Waals surface area contributed by atoms with Crippen molar-refractivity contribution in [3.05, 3.63) is 122 Å².